The zero-order chi connectivity index (χ0) is 16.0. The molecule has 0 aliphatic rings. The summed E-state index contributed by atoms with van der Waals surface area (Å²) in [5, 5.41) is 11.2. The van der Waals surface area contributed by atoms with Crippen molar-refractivity contribution in [2.75, 3.05) is 7.11 Å². The Kier molecular flexibility index (Phi) is 6.29. The quantitative estimate of drug-likeness (QED) is 0.752. The van der Waals surface area contributed by atoms with Crippen molar-refractivity contribution in [2.45, 2.75) is 18.9 Å². The standard InChI is InChI=1S/C13H13BrFNO5/c1-21-11(17)5-4-10(13(19)20)16-12(18)8-3-2-7(14)6-9(8)15/h2-3,6,10H,4-5H2,1H3,(H,16,18)(H,19,20)/t10-/m1/s1. The highest BCUT2D eigenvalue weighted by Crippen LogP contribution is 2.15. The third-order valence-corrected chi connectivity index (χ3v) is 3.14. The van der Waals surface area contributed by atoms with Gasteiger partial charge in [0.15, 0.2) is 0 Å². The van der Waals surface area contributed by atoms with Crippen LogP contribution >= 0.6 is 15.9 Å². The van der Waals surface area contributed by atoms with Crippen LogP contribution in [0.15, 0.2) is 22.7 Å². The Morgan fingerprint density at radius 3 is 2.62 bits per heavy atom. The van der Waals surface area contributed by atoms with E-state index in [-0.39, 0.29) is 18.4 Å². The summed E-state index contributed by atoms with van der Waals surface area (Å²) >= 11 is 3.05. The van der Waals surface area contributed by atoms with Crippen LogP contribution in [0.1, 0.15) is 23.2 Å². The molecular weight excluding hydrogens is 349 g/mol. The molecule has 0 aromatic heterocycles. The Hall–Kier alpha value is -1.96. The lowest BCUT2D eigenvalue weighted by Crippen LogP contribution is -2.41. The monoisotopic (exact) mass is 361 g/mol. The molecule has 1 amide bonds. The van der Waals surface area contributed by atoms with E-state index < -0.39 is 29.7 Å². The zero-order valence-electron chi connectivity index (χ0n) is 11.1. The van der Waals surface area contributed by atoms with Crippen LogP contribution in [0.3, 0.4) is 0 Å². The zero-order valence-corrected chi connectivity index (χ0v) is 12.6. The molecule has 1 aromatic carbocycles. The average Bonchev–Trinajstić information content (AvgIpc) is 2.42. The number of aliphatic carboxylic acids is 1. The van der Waals surface area contributed by atoms with Crippen molar-refractivity contribution in [3.63, 3.8) is 0 Å². The van der Waals surface area contributed by atoms with Gasteiger partial charge in [0, 0.05) is 10.9 Å². The molecule has 114 valence electrons. The second-order valence-electron chi connectivity index (χ2n) is 4.10. The van der Waals surface area contributed by atoms with Gasteiger partial charge >= 0.3 is 11.9 Å². The van der Waals surface area contributed by atoms with E-state index in [1.54, 1.807) is 0 Å². The van der Waals surface area contributed by atoms with E-state index >= 15 is 0 Å². The van der Waals surface area contributed by atoms with E-state index in [0.717, 1.165) is 6.07 Å². The number of ether oxygens (including phenoxy) is 1. The number of halogens is 2. The number of carbonyl (C=O) groups excluding carboxylic acids is 2. The Balaban J connectivity index is 2.76. The Morgan fingerprint density at radius 1 is 1.43 bits per heavy atom. The maximum Gasteiger partial charge on any atom is 0.326 e. The first-order chi connectivity index (χ1) is 9.85. The average molecular weight is 362 g/mol. The van der Waals surface area contributed by atoms with E-state index in [0.29, 0.717) is 4.47 Å². The molecule has 0 spiro atoms. The number of esters is 1. The van der Waals surface area contributed by atoms with Gasteiger partial charge in [0.1, 0.15) is 11.9 Å². The van der Waals surface area contributed by atoms with E-state index in [2.05, 4.69) is 26.0 Å². The Bertz CT molecular complexity index is 563. The SMILES string of the molecule is COC(=O)CC[C@@H](NC(=O)c1ccc(Br)cc1F)C(=O)O. The predicted molar refractivity (Wildman–Crippen MR) is 74.2 cm³/mol. The van der Waals surface area contributed by atoms with Gasteiger partial charge in [-0.1, -0.05) is 15.9 Å². The van der Waals surface area contributed by atoms with Gasteiger partial charge < -0.3 is 15.2 Å². The molecule has 1 atom stereocenters. The molecule has 0 saturated heterocycles. The highest BCUT2D eigenvalue weighted by atomic mass is 79.9. The minimum absolute atomic E-state index is 0.147. The fourth-order valence-electron chi connectivity index (χ4n) is 1.53. The maximum atomic E-state index is 13.6. The van der Waals surface area contributed by atoms with Gasteiger partial charge in [0.05, 0.1) is 12.7 Å². The van der Waals surface area contributed by atoms with Gasteiger partial charge in [-0.05, 0) is 24.6 Å². The number of methoxy groups -OCH3 is 1. The van der Waals surface area contributed by atoms with Crippen molar-refractivity contribution < 1.29 is 28.6 Å². The molecule has 0 fully saturated rings. The number of carboxylic acids is 1. The number of hydrogen-bond acceptors (Lipinski definition) is 4. The van der Waals surface area contributed by atoms with Crippen LogP contribution in [0.4, 0.5) is 4.39 Å². The van der Waals surface area contributed by atoms with Crippen LogP contribution in [-0.2, 0) is 14.3 Å². The third kappa shape index (κ3) is 5.14. The van der Waals surface area contributed by atoms with Crippen LogP contribution < -0.4 is 5.32 Å². The van der Waals surface area contributed by atoms with Gasteiger partial charge in [0.2, 0.25) is 0 Å². The van der Waals surface area contributed by atoms with Crippen LogP contribution in [0.2, 0.25) is 0 Å². The molecule has 0 heterocycles. The Morgan fingerprint density at radius 2 is 2.10 bits per heavy atom. The number of nitrogens with one attached hydrogen (secondary N) is 1. The van der Waals surface area contributed by atoms with Gasteiger partial charge in [0.25, 0.3) is 5.91 Å². The molecule has 2 N–H and O–H groups in total. The second kappa shape index (κ2) is 7.72. The van der Waals surface area contributed by atoms with Crippen LogP contribution in [0.25, 0.3) is 0 Å². The molecule has 0 aliphatic heterocycles. The number of rotatable bonds is 6. The number of hydrogen-bond donors (Lipinski definition) is 2. The molecule has 0 unspecified atom stereocenters. The minimum Gasteiger partial charge on any atom is -0.480 e. The van der Waals surface area contributed by atoms with Gasteiger partial charge in [-0.15, -0.1) is 0 Å². The summed E-state index contributed by atoms with van der Waals surface area (Å²) in [4.78, 5) is 33.9. The summed E-state index contributed by atoms with van der Waals surface area (Å²) < 4.78 is 18.5. The molecule has 0 radical (unpaired) electrons. The first-order valence-electron chi connectivity index (χ1n) is 5.90. The molecule has 0 aliphatic carbocycles. The predicted octanol–water partition coefficient (Wildman–Crippen LogP) is 1.72. The normalized spacial score (nSPS) is 11.6. The fraction of sp³-hybridized carbons (Fsp3) is 0.308. The van der Waals surface area contributed by atoms with Crippen molar-refractivity contribution in [3.8, 4) is 0 Å². The number of amides is 1. The number of carbonyl (C=O) groups is 3. The first-order valence-corrected chi connectivity index (χ1v) is 6.70. The molecule has 1 rings (SSSR count). The Labute approximate surface area is 128 Å². The third-order valence-electron chi connectivity index (χ3n) is 2.64. The summed E-state index contributed by atoms with van der Waals surface area (Å²) in [6.07, 6.45) is -0.317. The molecule has 0 saturated carbocycles. The van der Waals surface area contributed by atoms with Crippen molar-refractivity contribution in [1.82, 2.24) is 5.32 Å². The van der Waals surface area contributed by atoms with E-state index in [1.807, 2.05) is 0 Å². The first kappa shape index (κ1) is 17.1. The lowest BCUT2D eigenvalue weighted by Gasteiger charge is -2.14. The number of benzene rings is 1. The lowest BCUT2D eigenvalue weighted by atomic mass is 10.1. The summed E-state index contributed by atoms with van der Waals surface area (Å²) in [6, 6.07) is 2.48. The van der Waals surface area contributed by atoms with Crippen LogP contribution in [0, 0.1) is 5.82 Å². The summed E-state index contributed by atoms with van der Waals surface area (Å²) in [7, 11) is 1.17. The second-order valence-corrected chi connectivity index (χ2v) is 5.02. The van der Waals surface area contributed by atoms with Crippen molar-refractivity contribution >= 4 is 33.8 Å². The molecule has 8 heteroatoms. The number of carboxylic acid groups (broad SMARTS) is 1. The van der Waals surface area contributed by atoms with Gasteiger partial charge in [-0.2, -0.15) is 0 Å². The minimum atomic E-state index is -1.32. The molecule has 0 bridgehead atoms. The van der Waals surface area contributed by atoms with E-state index in [1.165, 1.54) is 19.2 Å². The van der Waals surface area contributed by atoms with Crippen molar-refractivity contribution in [2.24, 2.45) is 0 Å². The van der Waals surface area contributed by atoms with Gasteiger partial charge in [-0.25, -0.2) is 9.18 Å². The van der Waals surface area contributed by atoms with Crippen LogP contribution in [0.5, 0.6) is 0 Å². The molecular formula is C13H13BrFNO5. The van der Waals surface area contributed by atoms with Gasteiger partial charge in [-0.3, -0.25) is 9.59 Å². The molecule has 6 nitrogen and oxygen atoms in total. The molecule has 1 aromatic rings. The molecule has 21 heavy (non-hydrogen) atoms. The highest BCUT2D eigenvalue weighted by molar-refractivity contribution is 9.10. The topological polar surface area (TPSA) is 92.7 Å². The van der Waals surface area contributed by atoms with Crippen molar-refractivity contribution in [3.05, 3.63) is 34.1 Å². The largest absolute Gasteiger partial charge is 0.480 e. The van der Waals surface area contributed by atoms with Crippen LogP contribution in [-0.4, -0.2) is 36.1 Å². The van der Waals surface area contributed by atoms with E-state index in [9.17, 15) is 18.8 Å². The van der Waals surface area contributed by atoms with E-state index in [4.69, 9.17) is 5.11 Å². The summed E-state index contributed by atoms with van der Waals surface area (Å²) in [6.45, 7) is 0. The highest BCUT2D eigenvalue weighted by Gasteiger charge is 2.23. The smallest absolute Gasteiger partial charge is 0.326 e. The summed E-state index contributed by atoms with van der Waals surface area (Å²) in [5.74, 6) is -3.55. The fourth-order valence-corrected chi connectivity index (χ4v) is 1.86. The summed E-state index contributed by atoms with van der Waals surface area (Å²) in [5.41, 5.74) is -0.275. The van der Waals surface area contributed by atoms with Crippen molar-refractivity contribution in [1.29, 1.82) is 0 Å². The maximum absolute atomic E-state index is 13.6. The lowest BCUT2D eigenvalue weighted by molar-refractivity contribution is -0.142.